The third-order valence-corrected chi connectivity index (χ3v) is 1.96. The number of rotatable bonds is 1. The summed E-state index contributed by atoms with van der Waals surface area (Å²) in [5.41, 5.74) is 6.75. The first-order chi connectivity index (χ1) is 6.61. The molecular formula is C7H6N4O3. The van der Waals surface area contributed by atoms with Crippen molar-refractivity contribution in [3.05, 3.63) is 21.7 Å². The molecule has 0 unspecified atom stereocenters. The van der Waals surface area contributed by atoms with Gasteiger partial charge in [-0.25, -0.2) is 4.63 Å². The zero-order valence-electron chi connectivity index (χ0n) is 7.22. The molecule has 72 valence electrons. The summed E-state index contributed by atoms with van der Waals surface area (Å²) < 4.78 is 4.41. The SMILES string of the molecule is Cc1cc([N+](=O)[O-])c2nonc2c1N. The number of fused-ring (bicyclic) bond motifs is 1. The molecule has 2 rings (SSSR count). The number of nitrogens with two attached hydrogens (primary N) is 1. The van der Waals surface area contributed by atoms with Crippen molar-refractivity contribution in [2.75, 3.05) is 5.73 Å². The van der Waals surface area contributed by atoms with Gasteiger partial charge in [-0.05, 0) is 22.8 Å². The largest absolute Gasteiger partial charge is 0.397 e. The molecule has 0 bridgehead atoms. The van der Waals surface area contributed by atoms with Crippen LogP contribution in [0.2, 0.25) is 0 Å². The van der Waals surface area contributed by atoms with Crippen molar-refractivity contribution in [3.63, 3.8) is 0 Å². The second-order valence-corrected chi connectivity index (χ2v) is 2.84. The van der Waals surface area contributed by atoms with Crippen molar-refractivity contribution in [2.45, 2.75) is 6.92 Å². The number of anilines is 1. The first kappa shape index (κ1) is 8.42. The van der Waals surface area contributed by atoms with Crippen LogP contribution < -0.4 is 5.73 Å². The van der Waals surface area contributed by atoms with Crippen LogP contribution in [0.15, 0.2) is 10.7 Å². The Labute approximate surface area is 77.6 Å². The number of hydrogen-bond donors (Lipinski definition) is 1. The normalized spacial score (nSPS) is 10.6. The van der Waals surface area contributed by atoms with Gasteiger partial charge in [-0.3, -0.25) is 10.1 Å². The highest BCUT2D eigenvalue weighted by molar-refractivity contribution is 5.94. The minimum Gasteiger partial charge on any atom is -0.397 e. The molecule has 0 spiro atoms. The number of aryl methyl sites for hydroxylation is 1. The van der Waals surface area contributed by atoms with Gasteiger partial charge in [-0.15, -0.1) is 0 Å². The quantitative estimate of drug-likeness (QED) is 0.412. The van der Waals surface area contributed by atoms with E-state index in [9.17, 15) is 10.1 Å². The van der Waals surface area contributed by atoms with Crippen LogP contribution in [0.3, 0.4) is 0 Å². The summed E-state index contributed by atoms with van der Waals surface area (Å²) in [5.74, 6) is 0. The predicted molar refractivity (Wildman–Crippen MR) is 47.6 cm³/mol. The first-order valence-electron chi connectivity index (χ1n) is 3.77. The number of nitrogens with zero attached hydrogens (tertiary/aromatic N) is 3. The van der Waals surface area contributed by atoms with E-state index in [0.29, 0.717) is 11.3 Å². The van der Waals surface area contributed by atoms with E-state index in [-0.39, 0.29) is 16.7 Å². The molecule has 2 N–H and O–H groups in total. The van der Waals surface area contributed by atoms with Crippen LogP contribution in [0.4, 0.5) is 11.4 Å². The predicted octanol–water partition coefficient (Wildman–Crippen LogP) is 1.02. The minimum atomic E-state index is -0.543. The highest BCUT2D eigenvalue weighted by atomic mass is 16.6. The van der Waals surface area contributed by atoms with Crippen LogP contribution in [-0.4, -0.2) is 15.2 Å². The number of hydrogen-bond acceptors (Lipinski definition) is 6. The number of nitrogen functional groups attached to an aromatic ring is 1. The van der Waals surface area contributed by atoms with Gasteiger partial charge in [0.25, 0.3) is 0 Å². The fourth-order valence-electron chi connectivity index (χ4n) is 1.21. The molecule has 0 atom stereocenters. The molecule has 0 radical (unpaired) electrons. The molecule has 2 aromatic rings. The Morgan fingerprint density at radius 2 is 2.14 bits per heavy atom. The molecule has 7 nitrogen and oxygen atoms in total. The maximum atomic E-state index is 10.6. The van der Waals surface area contributed by atoms with Crippen LogP contribution in [-0.2, 0) is 0 Å². The molecule has 0 fully saturated rings. The van der Waals surface area contributed by atoms with Gasteiger partial charge < -0.3 is 5.73 Å². The van der Waals surface area contributed by atoms with Gasteiger partial charge >= 0.3 is 5.69 Å². The Kier molecular flexibility index (Phi) is 1.60. The fraction of sp³-hybridized carbons (Fsp3) is 0.143. The van der Waals surface area contributed by atoms with Gasteiger partial charge in [-0.1, -0.05) is 0 Å². The number of non-ortho nitro benzene ring substituents is 1. The van der Waals surface area contributed by atoms with Crippen molar-refractivity contribution < 1.29 is 9.55 Å². The number of aromatic nitrogens is 2. The van der Waals surface area contributed by atoms with Gasteiger partial charge in [0.1, 0.15) is 0 Å². The molecule has 1 aromatic carbocycles. The molecular weight excluding hydrogens is 188 g/mol. The smallest absolute Gasteiger partial charge is 0.301 e. The summed E-state index contributed by atoms with van der Waals surface area (Å²) in [5, 5.41) is 17.6. The summed E-state index contributed by atoms with van der Waals surface area (Å²) >= 11 is 0. The van der Waals surface area contributed by atoms with Crippen LogP contribution in [0.1, 0.15) is 5.56 Å². The van der Waals surface area contributed by atoms with Gasteiger partial charge in [-0.2, -0.15) is 0 Å². The lowest BCUT2D eigenvalue weighted by atomic mass is 10.1. The Balaban J connectivity index is 2.91. The number of benzene rings is 1. The van der Waals surface area contributed by atoms with Crippen molar-refractivity contribution in [2.24, 2.45) is 0 Å². The van der Waals surface area contributed by atoms with E-state index < -0.39 is 4.92 Å². The van der Waals surface area contributed by atoms with E-state index in [1.54, 1.807) is 6.92 Å². The Morgan fingerprint density at radius 1 is 1.50 bits per heavy atom. The van der Waals surface area contributed by atoms with E-state index in [1.165, 1.54) is 6.07 Å². The topological polar surface area (TPSA) is 108 Å². The van der Waals surface area contributed by atoms with E-state index in [2.05, 4.69) is 14.9 Å². The molecule has 0 aliphatic rings. The minimum absolute atomic E-state index is 0.0816. The summed E-state index contributed by atoms with van der Waals surface area (Å²) in [4.78, 5) is 10.1. The fourth-order valence-corrected chi connectivity index (χ4v) is 1.21. The van der Waals surface area contributed by atoms with Gasteiger partial charge in [0.15, 0.2) is 5.52 Å². The van der Waals surface area contributed by atoms with Gasteiger partial charge in [0.2, 0.25) is 5.52 Å². The zero-order chi connectivity index (χ0) is 10.3. The van der Waals surface area contributed by atoms with E-state index in [0.717, 1.165) is 0 Å². The highest BCUT2D eigenvalue weighted by Crippen LogP contribution is 2.29. The van der Waals surface area contributed by atoms with Crippen LogP contribution in [0.5, 0.6) is 0 Å². The Hall–Kier alpha value is -2.18. The number of nitro benzene ring substituents is 1. The number of nitro groups is 1. The average Bonchev–Trinajstić information content (AvgIpc) is 2.59. The van der Waals surface area contributed by atoms with Gasteiger partial charge in [0.05, 0.1) is 10.6 Å². The molecule has 7 heteroatoms. The lowest BCUT2D eigenvalue weighted by Crippen LogP contribution is -1.96. The monoisotopic (exact) mass is 194 g/mol. The standard InChI is InChI=1S/C7H6N4O3/c1-3-2-4(11(12)13)6-7(5(3)8)10-14-9-6/h2H,8H2,1H3. The molecule has 0 amide bonds. The van der Waals surface area contributed by atoms with E-state index in [1.807, 2.05) is 0 Å². The molecule has 0 aliphatic heterocycles. The third-order valence-electron chi connectivity index (χ3n) is 1.96. The highest BCUT2D eigenvalue weighted by Gasteiger charge is 2.20. The van der Waals surface area contributed by atoms with Crippen molar-refractivity contribution in [3.8, 4) is 0 Å². The van der Waals surface area contributed by atoms with Crippen LogP contribution >= 0.6 is 0 Å². The summed E-state index contributed by atoms with van der Waals surface area (Å²) in [6.45, 7) is 1.66. The Morgan fingerprint density at radius 3 is 2.79 bits per heavy atom. The molecule has 1 aromatic heterocycles. The van der Waals surface area contributed by atoms with Crippen LogP contribution in [0, 0.1) is 17.0 Å². The van der Waals surface area contributed by atoms with Gasteiger partial charge in [0, 0.05) is 6.07 Å². The van der Waals surface area contributed by atoms with E-state index >= 15 is 0 Å². The van der Waals surface area contributed by atoms with Crippen LogP contribution in [0.25, 0.3) is 11.0 Å². The molecule has 14 heavy (non-hydrogen) atoms. The van der Waals surface area contributed by atoms with Crippen molar-refractivity contribution in [1.82, 2.24) is 10.3 Å². The third kappa shape index (κ3) is 0.987. The zero-order valence-corrected chi connectivity index (χ0v) is 7.22. The molecule has 1 heterocycles. The van der Waals surface area contributed by atoms with Crippen molar-refractivity contribution >= 4 is 22.4 Å². The molecule has 0 aliphatic carbocycles. The lowest BCUT2D eigenvalue weighted by molar-refractivity contribution is -0.383. The Bertz CT molecular complexity index is 519. The lowest BCUT2D eigenvalue weighted by Gasteiger charge is -1.98. The van der Waals surface area contributed by atoms with E-state index in [4.69, 9.17) is 5.73 Å². The maximum absolute atomic E-state index is 10.6. The first-order valence-corrected chi connectivity index (χ1v) is 3.77. The summed E-state index contributed by atoms with van der Waals surface area (Å²) in [7, 11) is 0. The summed E-state index contributed by atoms with van der Waals surface area (Å²) in [6, 6.07) is 1.35. The summed E-state index contributed by atoms with van der Waals surface area (Å²) in [6.07, 6.45) is 0. The maximum Gasteiger partial charge on any atom is 0.301 e. The second-order valence-electron chi connectivity index (χ2n) is 2.84. The van der Waals surface area contributed by atoms with Crippen molar-refractivity contribution in [1.29, 1.82) is 0 Å². The average molecular weight is 194 g/mol. The second kappa shape index (κ2) is 2.66. The molecule has 0 saturated carbocycles. The molecule has 0 saturated heterocycles.